The molecule has 1 unspecified atom stereocenters. The number of thioether (sulfide) groups is 1. The molecule has 1 aliphatic rings. The summed E-state index contributed by atoms with van der Waals surface area (Å²) >= 11 is 1.97. The Morgan fingerprint density at radius 2 is 2.04 bits per heavy atom. The monoisotopic (exact) mass is 512 g/mol. The van der Waals surface area contributed by atoms with Crippen molar-refractivity contribution >= 4 is 51.7 Å². The molecular formula is C17H29IN4O2S2. The van der Waals surface area contributed by atoms with Crippen LogP contribution in [0.25, 0.3) is 0 Å². The first-order valence-corrected chi connectivity index (χ1v) is 11.4. The quantitative estimate of drug-likeness (QED) is 0.269. The van der Waals surface area contributed by atoms with Gasteiger partial charge in [-0.15, -0.1) is 24.0 Å². The van der Waals surface area contributed by atoms with Gasteiger partial charge in [0.25, 0.3) is 0 Å². The lowest BCUT2D eigenvalue weighted by molar-refractivity contribution is 0.580. The molecule has 1 aromatic rings. The number of halogens is 1. The first-order valence-electron chi connectivity index (χ1n) is 8.74. The van der Waals surface area contributed by atoms with Gasteiger partial charge in [0.2, 0.25) is 10.0 Å². The molecule has 6 nitrogen and oxygen atoms in total. The van der Waals surface area contributed by atoms with Crippen molar-refractivity contribution in [2.45, 2.75) is 31.6 Å². The number of sulfonamides is 1. The molecule has 0 aromatic heterocycles. The molecule has 9 heteroatoms. The van der Waals surface area contributed by atoms with Gasteiger partial charge < -0.3 is 10.6 Å². The predicted octanol–water partition coefficient (Wildman–Crippen LogP) is 2.17. The van der Waals surface area contributed by atoms with Crippen molar-refractivity contribution in [1.82, 2.24) is 15.4 Å². The summed E-state index contributed by atoms with van der Waals surface area (Å²) in [5.74, 6) is 1.92. The molecule has 1 aliphatic heterocycles. The number of nitrogens with one attached hydrogen (secondary N) is 3. The fourth-order valence-electron chi connectivity index (χ4n) is 2.49. The fourth-order valence-corrected chi connectivity index (χ4v) is 4.57. The number of nitrogens with zero attached hydrogens (tertiary/aromatic N) is 1. The molecule has 0 radical (unpaired) electrons. The first kappa shape index (κ1) is 23.5. The molecule has 26 heavy (non-hydrogen) atoms. The molecule has 1 saturated heterocycles. The Hall–Kier alpha value is -0.520. The summed E-state index contributed by atoms with van der Waals surface area (Å²) in [5, 5.41) is 6.86. The van der Waals surface area contributed by atoms with Crippen molar-refractivity contribution in [1.29, 1.82) is 0 Å². The topological polar surface area (TPSA) is 82.6 Å². The third-order valence-electron chi connectivity index (χ3n) is 3.82. The Morgan fingerprint density at radius 1 is 1.27 bits per heavy atom. The summed E-state index contributed by atoms with van der Waals surface area (Å²) in [6, 6.07) is 9.50. The molecule has 0 amide bonds. The molecule has 0 saturated carbocycles. The van der Waals surface area contributed by atoms with Crippen molar-refractivity contribution in [3.63, 3.8) is 0 Å². The summed E-state index contributed by atoms with van der Waals surface area (Å²) in [4.78, 5) is 4.57. The predicted molar refractivity (Wildman–Crippen MR) is 122 cm³/mol. The number of hydrogen-bond donors (Lipinski definition) is 3. The Bertz CT molecular complexity index is 635. The average Bonchev–Trinajstić information content (AvgIpc) is 3.12. The maximum atomic E-state index is 12.1. The zero-order valence-corrected chi connectivity index (χ0v) is 19.1. The van der Waals surface area contributed by atoms with Crippen LogP contribution < -0.4 is 15.4 Å². The van der Waals surface area contributed by atoms with Crippen LogP contribution in [0.4, 0.5) is 0 Å². The summed E-state index contributed by atoms with van der Waals surface area (Å²) in [7, 11) is -3.32. The van der Waals surface area contributed by atoms with Crippen LogP contribution in [0.5, 0.6) is 0 Å². The Kier molecular flexibility index (Phi) is 11.6. The molecule has 1 atom stereocenters. The highest BCUT2D eigenvalue weighted by molar-refractivity contribution is 14.0. The maximum absolute atomic E-state index is 12.1. The summed E-state index contributed by atoms with van der Waals surface area (Å²) in [6.45, 7) is 4.17. The van der Waals surface area contributed by atoms with Crippen LogP contribution in [0.1, 0.15) is 25.3 Å². The van der Waals surface area contributed by atoms with Gasteiger partial charge in [0.1, 0.15) is 0 Å². The van der Waals surface area contributed by atoms with Gasteiger partial charge in [0.15, 0.2) is 5.96 Å². The van der Waals surface area contributed by atoms with Crippen LogP contribution in [0.2, 0.25) is 0 Å². The summed E-state index contributed by atoms with van der Waals surface area (Å²) in [5.41, 5.74) is 0.947. The normalized spacial score (nSPS) is 17.6. The van der Waals surface area contributed by atoms with E-state index >= 15 is 0 Å². The number of guanidine groups is 1. The number of rotatable bonds is 9. The van der Waals surface area contributed by atoms with E-state index in [0.717, 1.165) is 18.7 Å². The van der Waals surface area contributed by atoms with Crippen molar-refractivity contribution < 1.29 is 8.42 Å². The molecule has 1 aromatic carbocycles. The second-order valence-electron chi connectivity index (χ2n) is 5.91. The molecule has 0 spiro atoms. The highest BCUT2D eigenvalue weighted by atomic mass is 127. The van der Waals surface area contributed by atoms with Crippen LogP contribution in [0, 0.1) is 0 Å². The smallest absolute Gasteiger partial charge is 0.213 e. The number of aliphatic imine (C=N–C) groups is 1. The zero-order valence-electron chi connectivity index (χ0n) is 15.1. The first-order chi connectivity index (χ1) is 12.1. The van der Waals surface area contributed by atoms with Gasteiger partial charge in [-0.3, -0.25) is 4.99 Å². The lowest BCUT2D eigenvalue weighted by Crippen LogP contribution is -2.41. The van der Waals surface area contributed by atoms with Crippen LogP contribution in [0.3, 0.4) is 0 Å². The molecule has 0 aliphatic carbocycles. The van der Waals surface area contributed by atoms with E-state index in [-0.39, 0.29) is 29.7 Å². The standard InChI is InChI=1S/C17H28N4O2S2.HI/c1-2-18-17(20-14-16-9-6-11-24-16)19-10-12-25(22,23)21-13-15-7-4-3-5-8-15;/h3-5,7-8,16,21H,2,6,9-14H2,1H3,(H2,18,19,20);1H. The van der Waals surface area contributed by atoms with Crippen LogP contribution in [-0.4, -0.2) is 50.8 Å². The highest BCUT2D eigenvalue weighted by Crippen LogP contribution is 2.25. The second kappa shape index (κ2) is 12.8. The van der Waals surface area contributed by atoms with E-state index in [9.17, 15) is 8.42 Å². The number of hydrogen-bond acceptors (Lipinski definition) is 4. The SMILES string of the molecule is CCNC(=NCC1CCCS1)NCCS(=O)(=O)NCc1ccccc1.I. The molecular weight excluding hydrogens is 483 g/mol. The van der Waals surface area contributed by atoms with Crippen molar-refractivity contribution in [3.8, 4) is 0 Å². The van der Waals surface area contributed by atoms with Crippen molar-refractivity contribution in [2.24, 2.45) is 4.99 Å². The lowest BCUT2D eigenvalue weighted by atomic mass is 10.2. The third kappa shape index (κ3) is 9.43. The highest BCUT2D eigenvalue weighted by Gasteiger charge is 2.15. The van der Waals surface area contributed by atoms with E-state index in [4.69, 9.17) is 0 Å². The van der Waals surface area contributed by atoms with E-state index in [2.05, 4.69) is 20.3 Å². The minimum absolute atomic E-state index is 0. The molecule has 2 rings (SSSR count). The Labute approximate surface area is 178 Å². The van der Waals surface area contributed by atoms with Gasteiger partial charge in [-0.1, -0.05) is 30.3 Å². The molecule has 1 fully saturated rings. The lowest BCUT2D eigenvalue weighted by Gasteiger charge is -2.13. The Balaban J connectivity index is 0.00000338. The van der Waals surface area contributed by atoms with E-state index < -0.39 is 10.0 Å². The van der Waals surface area contributed by atoms with Crippen molar-refractivity contribution in [2.75, 3.05) is 31.1 Å². The largest absolute Gasteiger partial charge is 0.357 e. The molecule has 148 valence electrons. The molecule has 3 N–H and O–H groups in total. The zero-order chi connectivity index (χ0) is 18.0. The van der Waals surface area contributed by atoms with Crippen molar-refractivity contribution in [3.05, 3.63) is 35.9 Å². The minimum Gasteiger partial charge on any atom is -0.357 e. The summed E-state index contributed by atoms with van der Waals surface area (Å²) < 4.78 is 26.8. The van der Waals surface area contributed by atoms with Crippen LogP contribution in [0.15, 0.2) is 35.3 Å². The van der Waals surface area contributed by atoms with E-state index in [1.807, 2.05) is 49.0 Å². The van der Waals surface area contributed by atoms with E-state index in [1.165, 1.54) is 18.6 Å². The van der Waals surface area contributed by atoms with Gasteiger partial charge in [0.05, 0.1) is 12.3 Å². The second-order valence-corrected chi connectivity index (χ2v) is 9.24. The average molecular weight is 512 g/mol. The van der Waals surface area contributed by atoms with Gasteiger partial charge in [-0.25, -0.2) is 13.1 Å². The third-order valence-corrected chi connectivity index (χ3v) is 6.53. The van der Waals surface area contributed by atoms with Gasteiger partial charge in [-0.05, 0) is 31.1 Å². The van der Waals surface area contributed by atoms with Crippen LogP contribution in [-0.2, 0) is 16.6 Å². The number of benzene rings is 1. The van der Waals surface area contributed by atoms with Gasteiger partial charge >= 0.3 is 0 Å². The van der Waals surface area contributed by atoms with Gasteiger partial charge in [-0.2, -0.15) is 11.8 Å². The maximum Gasteiger partial charge on any atom is 0.213 e. The van der Waals surface area contributed by atoms with E-state index in [1.54, 1.807) is 0 Å². The Morgan fingerprint density at radius 3 is 2.69 bits per heavy atom. The van der Waals surface area contributed by atoms with Gasteiger partial charge in [0, 0.05) is 24.9 Å². The minimum atomic E-state index is -3.32. The van der Waals surface area contributed by atoms with Crippen LogP contribution >= 0.6 is 35.7 Å². The summed E-state index contributed by atoms with van der Waals surface area (Å²) in [6.07, 6.45) is 2.48. The fraction of sp³-hybridized carbons (Fsp3) is 0.588. The molecule has 0 bridgehead atoms. The molecule has 1 heterocycles. The van der Waals surface area contributed by atoms with E-state index in [0.29, 0.717) is 24.3 Å².